The number of amidine groups is 1. The highest BCUT2D eigenvalue weighted by Gasteiger charge is 2.12. The van der Waals surface area contributed by atoms with Gasteiger partial charge in [0.05, 0.1) is 15.5 Å². The van der Waals surface area contributed by atoms with Crippen LogP contribution in [0.5, 0.6) is 11.5 Å². The Bertz CT molecular complexity index is 1260. The van der Waals surface area contributed by atoms with Crippen LogP contribution in [0.4, 0.5) is 11.4 Å². The molecule has 0 aliphatic heterocycles. The maximum atomic E-state index is 11.4. The van der Waals surface area contributed by atoms with Crippen molar-refractivity contribution in [2.75, 3.05) is 5.43 Å². The average Bonchev–Trinajstić information content (AvgIpc) is 2.62. The summed E-state index contributed by atoms with van der Waals surface area (Å²) in [6, 6.07) is 7.62. The highest BCUT2D eigenvalue weighted by Crippen LogP contribution is 2.29. The number of anilines is 1. The van der Waals surface area contributed by atoms with Gasteiger partial charge in [-0.25, -0.2) is 27.1 Å². The van der Waals surface area contributed by atoms with Crippen molar-refractivity contribution in [3.8, 4) is 17.6 Å². The number of azo groups is 1. The SMILES string of the molecule is N#CC(N=Nc1cc(S(N)(=O)=O)ccc1O)=NNc1cc(S(N)(=O)=O)ccc1O. The zero-order valence-electron chi connectivity index (χ0n) is 14.3. The molecule has 0 spiro atoms. The summed E-state index contributed by atoms with van der Waals surface area (Å²) in [7, 11) is -8.11. The van der Waals surface area contributed by atoms with Crippen LogP contribution in [-0.2, 0) is 20.0 Å². The third kappa shape index (κ3) is 5.70. The Morgan fingerprint density at radius 3 is 2.07 bits per heavy atom. The Labute approximate surface area is 164 Å². The summed E-state index contributed by atoms with van der Waals surface area (Å²) >= 11 is 0. The van der Waals surface area contributed by atoms with Gasteiger partial charge < -0.3 is 10.2 Å². The van der Waals surface area contributed by atoms with Crippen LogP contribution in [0.2, 0.25) is 0 Å². The van der Waals surface area contributed by atoms with Crippen LogP contribution in [-0.4, -0.2) is 32.9 Å². The molecule has 15 heteroatoms. The number of nitrogens with two attached hydrogens (primary N) is 2. The van der Waals surface area contributed by atoms with Crippen LogP contribution >= 0.6 is 0 Å². The number of benzene rings is 2. The largest absolute Gasteiger partial charge is 0.506 e. The first-order chi connectivity index (χ1) is 13.4. The Morgan fingerprint density at radius 1 is 0.966 bits per heavy atom. The Balaban J connectivity index is 2.32. The molecule has 0 atom stereocenters. The van der Waals surface area contributed by atoms with Crippen LogP contribution in [0.25, 0.3) is 0 Å². The maximum absolute atomic E-state index is 11.4. The minimum atomic E-state index is -4.06. The van der Waals surface area contributed by atoms with Crippen molar-refractivity contribution in [2.24, 2.45) is 25.6 Å². The second kappa shape index (κ2) is 8.20. The van der Waals surface area contributed by atoms with Crippen molar-refractivity contribution in [1.29, 1.82) is 5.26 Å². The molecule has 0 fully saturated rings. The summed E-state index contributed by atoms with van der Waals surface area (Å²) in [5.74, 6) is -1.44. The lowest BCUT2D eigenvalue weighted by Gasteiger charge is -2.05. The van der Waals surface area contributed by atoms with Crippen LogP contribution < -0.4 is 15.7 Å². The van der Waals surface area contributed by atoms with Gasteiger partial charge in [-0.3, -0.25) is 5.43 Å². The number of primary sulfonamides is 2. The van der Waals surface area contributed by atoms with Gasteiger partial charge in [-0.05, 0) is 36.4 Å². The van der Waals surface area contributed by atoms with Crippen molar-refractivity contribution >= 4 is 37.3 Å². The molecule has 0 saturated heterocycles. The smallest absolute Gasteiger partial charge is 0.270 e. The number of sulfonamides is 2. The first-order valence-corrected chi connectivity index (χ1v) is 10.4. The van der Waals surface area contributed by atoms with Gasteiger partial charge in [0.25, 0.3) is 5.84 Å². The van der Waals surface area contributed by atoms with E-state index in [9.17, 15) is 27.0 Å². The van der Waals surface area contributed by atoms with Gasteiger partial charge in [0.15, 0.2) is 0 Å². The number of nitriles is 1. The first-order valence-electron chi connectivity index (χ1n) is 7.29. The predicted molar refractivity (Wildman–Crippen MR) is 100 cm³/mol. The first kappa shape index (κ1) is 21.7. The molecule has 2 aromatic carbocycles. The number of phenolic OH excluding ortho intramolecular Hbond substituents is 2. The Kier molecular flexibility index (Phi) is 6.14. The van der Waals surface area contributed by atoms with Crippen molar-refractivity contribution in [3.05, 3.63) is 36.4 Å². The van der Waals surface area contributed by atoms with E-state index in [0.29, 0.717) is 0 Å². The van der Waals surface area contributed by atoms with E-state index in [4.69, 9.17) is 15.5 Å². The molecule has 0 aliphatic rings. The molecule has 0 saturated carbocycles. The minimum Gasteiger partial charge on any atom is -0.506 e. The number of hydrogen-bond donors (Lipinski definition) is 5. The molecule has 2 rings (SSSR count). The second-order valence-corrected chi connectivity index (χ2v) is 8.40. The highest BCUT2D eigenvalue weighted by molar-refractivity contribution is 7.89. The van der Waals surface area contributed by atoms with Gasteiger partial charge >= 0.3 is 0 Å². The number of nitrogens with one attached hydrogen (secondary N) is 1. The normalized spacial score (nSPS) is 12.7. The standard InChI is InChI=1S/C14H13N7O6S2/c15-7-14(20-18-10-5-8(28(16,24)25)1-3-12(10)22)21-19-11-6-9(29(17,26)27)2-4-13(11)23/h1-6,18,22-23H,(H2,16,24,25)(H2,17,26,27). The lowest BCUT2D eigenvalue weighted by Crippen LogP contribution is -2.12. The molecular formula is C14H13N7O6S2. The molecule has 7 N–H and O–H groups in total. The minimum absolute atomic E-state index is 0.196. The molecular weight excluding hydrogens is 426 g/mol. The third-order valence-corrected chi connectivity index (χ3v) is 5.03. The van der Waals surface area contributed by atoms with Crippen molar-refractivity contribution in [1.82, 2.24) is 0 Å². The Hall–Kier alpha value is -3.58. The quantitative estimate of drug-likeness (QED) is 0.144. The average molecular weight is 439 g/mol. The predicted octanol–water partition coefficient (Wildman–Crippen LogP) is 0.425. The van der Waals surface area contributed by atoms with Crippen molar-refractivity contribution in [3.63, 3.8) is 0 Å². The molecule has 152 valence electrons. The molecule has 0 heterocycles. The zero-order chi connectivity index (χ0) is 21.8. The summed E-state index contributed by atoms with van der Waals surface area (Å²) in [6.45, 7) is 0. The van der Waals surface area contributed by atoms with E-state index in [1.54, 1.807) is 6.07 Å². The number of hydrazone groups is 1. The second-order valence-electron chi connectivity index (χ2n) is 5.28. The summed E-state index contributed by atoms with van der Waals surface area (Å²) in [5.41, 5.74) is 1.72. The van der Waals surface area contributed by atoms with Gasteiger partial charge in [0.2, 0.25) is 20.0 Å². The van der Waals surface area contributed by atoms with Gasteiger partial charge in [0.1, 0.15) is 23.3 Å². The molecule has 0 aromatic heterocycles. The molecule has 13 nitrogen and oxygen atoms in total. The molecule has 0 amide bonds. The van der Waals surface area contributed by atoms with E-state index < -0.39 is 37.4 Å². The number of nitrogens with zero attached hydrogens (tertiary/aromatic N) is 4. The van der Waals surface area contributed by atoms with Crippen molar-refractivity contribution in [2.45, 2.75) is 9.79 Å². The maximum Gasteiger partial charge on any atom is 0.270 e. The lowest BCUT2D eigenvalue weighted by molar-refractivity contribution is 0.475. The highest BCUT2D eigenvalue weighted by atomic mass is 32.2. The fourth-order valence-corrected chi connectivity index (χ4v) is 2.90. The van der Waals surface area contributed by atoms with Crippen LogP contribution in [0.1, 0.15) is 0 Å². The van der Waals surface area contributed by atoms with Gasteiger partial charge in [0, 0.05) is 0 Å². The summed E-state index contributed by atoms with van der Waals surface area (Å²) in [6.07, 6.45) is 0. The lowest BCUT2D eigenvalue weighted by atomic mass is 10.3. The fraction of sp³-hybridized carbons (Fsp3) is 0. The van der Waals surface area contributed by atoms with E-state index in [1.165, 1.54) is 0 Å². The van der Waals surface area contributed by atoms with E-state index >= 15 is 0 Å². The third-order valence-electron chi connectivity index (χ3n) is 3.21. The van der Waals surface area contributed by atoms with Gasteiger partial charge in [-0.15, -0.1) is 15.3 Å². The van der Waals surface area contributed by atoms with Crippen molar-refractivity contribution < 1.29 is 27.0 Å². The molecule has 2 aromatic rings. The fourth-order valence-electron chi connectivity index (χ4n) is 1.83. The van der Waals surface area contributed by atoms with Gasteiger partial charge in [-0.2, -0.15) is 5.26 Å². The molecule has 0 unspecified atom stereocenters. The monoisotopic (exact) mass is 439 g/mol. The summed E-state index contributed by atoms with van der Waals surface area (Å²) in [5, 5.41) is 49.0. The van der Waals surface area contributed by atoms with E-state index in [2.05, 4.69) is 20.8 Å². The number of aromatic hydroxyl groups is 2. The molecule has 0 aliphatic carbocycles. The topological polar surface area (TPSA) is 234 Å². The van der Waals surface area contributed by atoms with Crippen LogP contribution in [0, 0.1) is 11.3 Å². The number of rotatable bonds is 5. The number of hydrogen-bond acceptors (Lipinski definition) is 10. The molecule has 0 radical (unpaired) electrons. The molecule has 29 heavy (non-hydrogen) atoms. The zero-order valence-corrected chi connectivity index (χ0v) is 15.9. The van der Waals surface area contributed by atoms with Crippen LogP contribution in [0.15, 0.2) is 61.5 Å². The van der Waals surface area contributed by atoms with E-state index in [-0.39, 0.29) is 21.2 Å². The van der Waals surface area contributed by atoms with E-state index in [0.717, 1.165) is 36.4 Å². The summed E-state index contributed by atoms with van der Waals surface area (Å²) in [4.78, 5) is -0.666. The van der Waals surface area contributed by atoms with Crippen LogP contribution in [0.3, 0.4) is 0 Å². The summed E-state index contributed by atoms with van der Waals surface area (Å²) < 4.78 is 45.4. The number of phenols is 2. The Morgan fingerprint density at radius 2 is 1.52 bits per heavy atom. The van der Waals surface area contributed by atoms with Gasteiger partial charge in [-0.1, -0.05) is 0 Å². The van der Waals surface area contributed by atoms with E-state index in [1.807, 2.05) is 0 Å². The molecule has 0 bridgehead atoms.